The first-order valence-corrected chi connectivity index (χ1v) is 51.7. The van der Waals surface area contributed by atoms with Crippen molar-refractivity contribution in [2.75, 3.05) is 0 Å². The van der Waals surface area contributed by atoms with E-state index in [4.69, 9.17) is 15.0 Å². The number of pyridine rings is 8. The van der Waals surface area contributed by atoms with Crippen LogP contribution in [-0.2, 0) is 137 Å². The summed E-state index contributed by atoms with van der Waals surface area (Å²) in [6.07, 6.45) is 39.4. The SMILES string of the molecule is C.C.CC(C)Cc1cccc(-c2[c-]cccc2)n1.CC1(C)C2Cc3cc4[n+](cc3C1C2)Cc1cc2c(cc1-4)CCCC2.[Ir+3].[Ir].[c-]1ccc(-c2ccccc2)cc1-c1ccccn1.[c-]1ccccc1-c1ccc(CCc2cc(CCc3ccc(-c4[c-]cccc4)nc3)cc(CCc3ccc(-c4[c-]cccc4)nc3)c2)cn1.c1c2c(cc3c1C[n+]1cc4c(cc1-3)C1CCC4C1)CCCC2.c1ccc2c(c1)C[n+]1ccccc1-2. The molecule has 0 N–H and O–H groups in total. The zero-order valence-corrected chi connectivity index (χ0v) is 87.2. The summed E-state index contributed by atoms with van der Waals surface area (Å²) in [5, 5.41) is 0. The van der Waals surface area contributed by atoms with E-state index in [1.54, 1.807) is 61.8 Å². The second-order valence-corrected chi connectivity index (χ2v) is 41.1. The van der Waals surface area contributed by atoms with Gasteiger partial charge < -0.3 is 24.9 Å². The Morgan fingerprint density at radius 2 is 0.814 bits per heavy atom. The second-order valence-electron chi connectivity index (χ2n) is 41.1. The maximum Gasteiger partial charge on any atom is 3.00 e. The second kappa shape index (κ2) is 46.8. The van der Waals surface area contributed by atoms with Gasteiger partial charge in [-0.15, -0.1) is 179 Å². The summed E-state index contributed by atoms with van der Waals surface area (Å²) in [6, 6.07) is 127. The number of fused-ring (bicyclic) bond motifs is 16. The molecule has 2 saturated carbocycles. The molecule has 28 rings (SSSR count). The van der Waals surface area contributed by atoms with Gasteiger partial charge in [-0.1, -0.05) is 170 Å². The van der Waals surface area contributed by atoms with Crippen molar-refractivity contribution in [1.82, 2.24) is 24.9 Å². The number of rotatable bonds is 17. The monoisotopic (exact) mass is 2250 g/mol. The Bertz CT molecular complexity index is 7090. The molecule has 7 aliphatic carbocycles. The van der Waals surface area contributed by atoms with Crippen LogP contribution in [0.15, 0.2) is 359 Å². The molecule has 18 aromatic rings. The minimum Gasteiger partial charge on any atom is -0.305 e. The molecule has 145 heavy (non-hydrogen) atoms. The average molecular weight is 2250 g/mol. The van der Waals surface area contributed by atoms with Gasteiger partial charge in [0, 0.05) is 103 Å². The predicted octanol–water partition coefficient (Wildman–Crippen LogP) is 29.7. The summed E-state index contributed by atoms with van der Waals surface area (Å²) in [7, 11) is 0. The third-order valence-electron chi connectivity index (χ3n) is 31.0. The summed E-state index contributed by atoms with van der Waals surface area (Å²) in [5.74, 6) is 4.08. The van der Waals surface area contributed by atoms with Crippen molar-refractivity contribution in [1.29, 1.82) is 0 Å². The molecule has 4 unspecified atom stereocenters. The Morgan fingerprint density at radius 1 is 0.345 bits per heavy atom. The van der Waals surface area contributed by atoms with E-state index in [1.165, 1.54) is 167 Å². The zero-order chi connectivity index (χ0) is 95.0. The van der Waals surface area contributed by atoms with Crippen LogP contribution in [0.3, 0.4) is 0 Å². The van der Waals surface area contributed by atoms with Gasteiger partial charge in [0.2, 0.25) is 17.1 Å². The van der Waals surface area contributed by atoms with Crippen LogP contribution in [0.4, 0.5) is 0 Å². The van der Waals surface area contributed by atoms with Gasteiger partial charge in [0.1, 0.15) is 0 Å². The minimum atomic E-state index is 0. The minimum absolute atomic E-state index is 0. The normalized spacial score (nSPS) is 15.8. The molecule has 0 saturated heterocycles. The van der Waals surface area contributed by atoms with E-state index < -0.39 is 0 Å². The summed E-state index contributed by atoms with van der Waals surface area (Å²) in [5.41, 5.74) is 48.4. The maximum absolute atomic E-state index is 4.73. The van der Waals surface area contributed by atoms with Crippen molar-refractivity contribution in [3.63, 3.8) is 0 Å². The van der Waals surface area contributed by atoms with Crippen LogP contribution in [0.25, 0.3) is 101 Å². The van der Waals surface area contributed by atoms with Gasteiger partial charge in [-0.05, 0) is 313 Å². The fourth-order valence-corrected chi connectivity index (χ4v) is 23.3. The molecule has 4 atom stereocenters. The van der Waals surface area contributed by atoms with Crippen LogP contribution in [0, 0.1) is 47.6 Å². The van der Waals surface area contributed by atoms with Crippen LogP contribution < -0.4 is 13.7 Å². The standard InChI is InChI=1S/C45H36N3.C23H26N.C21H22N.C17H12N.C15H16N.C12H10N.2CH4.2Ir/c1-4-10-40(11-5-1)43-25-22-34(31-46-43)16-19-37-28-38(20-17-35-23-26-44(47-32-35)41-12-6-2-7-13-41)30-39(29-37)21-18-36-24-27-45(48-33-36)42-14-8-3-9-15-42;1-23(2)18-8-16-10-22-19-9-15-6-4-3-5-14(15)7-17(19)12-24(22)13-20(16)21(23)11-18;1-2-4-14-9-19-17(7-13(14)3-1)11-22-12-20-16-6-5-15(8-16)18(20)10-21(19)22;1-2-7-14(8-3-1)15-9-6-10-16(13-15)17-11-4-5-12-18-17;1-12(2)11-14-9-6-10-15(16-14)13-7-4-3-5-8-13;1-2-6-11-10(5-1)9-13-8-4-3-7-12(11)13;;;;/h1-10,12,14,22-33H,16-21H2;7,9-10,13,18,21H,3-6,8,11-12H2,1-2H3;7,9-10,12,15-16H,1-6,8,11H2;1-9,11-13H;3-7,9-10,12H,11H2,1-2H3;1-8H,9H2;2*1H4;;/q-3;2*+1;2*-1;+1;;;;+3. The topological polar surface area (TPSA) is 76.1 Å². The van der Waals surface area contributed by atoms with E-state index in [0.717, 1.165) is 150 Å². The van der Waals surface area contributed by atoms with Gasteiger partial charge in [-0.2, -0.15) is 13.7 Å². The molecule has 8 nitrogen and oxygen atoms in total. The molecule has 0 amide bonds. The molecule has 8 aromatic heterocycles. The van der Waals surface area contributed by atoms with Crippen molar-refractivity contribution in [2.45, 2.75) is 208 Å². The molecule has 10 heteroatoms. The average Bonchev–Trinajstić information content (AvgIpc) is 1.70. The zero-order valence-electron chi connectivity index (χ0n) is 82.5. The Labute approximate surface area is 888 Å². The van der Waals surface area contributed by atoms with E-state index >= 15 is 0 Å². The number of benzene rings is 10. The van der Waals surface area contributed by atoms with Crippen molar-refractivity contribution in [3.05, 3.63) is 489 Å². The van der Waals surface area contributed by atoms with Crippen LogP contribution in [0.2, 0.25) is 0 Å². The van der Waals surface area contributed by atoms with Gasteiger partial charge in [0.25, 0.3) is 0 Å². The van der Waals surface area contributed by atoms with Crippen molar-refractivity contribution in [3.8, 4) is 101 Å². The van der Waals surface area contributed by atoms with Crippen molar-refractivity contribution >= 4 is 0 Å². The van der Waals surface area contributed by atoms with Gasteiger partial charge in [0.15, 0.2) is 38.2 Å². The summed E-state index contributed by atoms with van der Waals surface area (Å²) in [4.78, 5) is 23.2. The third-order valence-corrected chi connectivity index (χ3v) is 31.0. The molecule has 10 aromatic carbocycles. The number of aryl methyl sites for hydroxylation is 10. The van der Waals surface area contributed by atoms with Crippen LogP contribution in [-0.4, -0.2) is 24.9 Å². The Morgan fingerprint density at radius 3 is 1.33 bits per heavy atom. The molecule has 727 valence electrons. The van der Waals surface area contributed by atoms with Crippen LogP contribution in [0.1, 0.15) is 212 Å². The number of hydrogen-bond acceptors (Lipinski definition) is 5. The maximum atomic E-state index is 4.73. The number of aromatic nitrogens is 8. The molecule has 4 bridgehead atoms. The van der Waals surface area contributed by atoms with Gasteiger partial charge in [-0.25, -0.2) is 0 Å². The first kappa shape index (κ1) is 102. The molecular formula is C135H130Ir2N8+. The predicted molar refractivity (Wildman–Crippen MR) is 583 cm³/mol. The number of nitrogens with zero attached hydrogens (tertiary/aromatic N) is 8. The number of hydrogen-bond donors (Lipinski definition) is 0. The summed E-state index contributed by atoms with van der Waals surface area (Å²) in [6.45, 7) is 12.6. The van der Waals surface area contributed by atoms with E-state index in [2.05, 4.69) is 270 Å². The van der Waals surface area contributed by atoms with E-state index in [0.29, 0.717) is 11.3 Å². The fourth-order valence-electron chi connectivity index (χ4n) is 23.3. The molecule has 11 heterocycles. The van der Waals surface area contributed by atoms with E-state index in [-0.39, 0.29) is 55.1 Å². The Balaban J connectivity index is 0.000000121. The Hall–Kier alpha value is -13.3. The molecule has 3 aliphatic heterocycles. The molecule has 10 aliphatic rings. The fraction of sp³-hybridized carbons (Fsp3) is 0.259. The van der Waals surface area contributed by atoms with Gasteiger partial charge in [0.05, 0.1) is 16.7 Å². The van der Waals surface area contributed by atoms with E-state index in [9.17, 15) is 0 Å². The van der Waals surface area contributed by atoms with Crippen molar-refractivity contribution in [2.24, 2.45) is 17.3 Å². The molecule has 1 radical (unpaired) electrons. The van der Waals surface area contributed by atoms with Gasteiger partial charge in [-0.3, -0.25) is 0 Å². The summed E-state index contributed by atoms with van der Waals surface area (Å²) < 4.78 is 7.37. The first-order chi connectivity index (χ1) is 69.4. The smallest absolute Gasteiger partial charge is 0.305 e. The van der Waals surface area contributed by atoms with Gasteiger partial charge >= 0.3 is 20.1 Å². The van der Waals surface area contributed by atoms with Crippen molar-refractivity contribution < 1.29 is 53.9 Å². The molecular weight excluding hydrogens is 2120 g/mol. The molecule has 2 fully saturated rings. The molecule has 0 spiro atoms. The van der Waals surface area contributed by atoms with E-state index in [1.807, 2.05) is 164 Å². The largest absolute Gasteiger partial charge is 3.00 e. The van der Waals surface area contributed by atoms with Crippen LogP contribution >= 0.6 is 0 Å². The van der Waals surface area contributed by atoms with Crippen LogP contribution in [0.5, 0.6) is 0 Å². The third kappa shape index (κ3) is 23.3. The summed E-state index contributed by atoms with van der Waals surface area (Å²) >= 11 is 0. The first-order valence-electron chi connectivity index (χ1n) is 51.7. The quantitative estimate of drug-likeness (QED) is 0.0671. The Kier molecular flexibility index (Phi) is 32.9.